The third-order valence-electron chi connectivity index (χ3n) is 11.8. The van der Waals surface area contributed by atoms with Gasteiger partial charge in [0, 0.05) is 60.1 Å². The maximum atomic E-state index is 12.6. The summed E-state index contributed by atoms with van der Waals surface area (Å²) in [7, 11) is 2.15. The molecule has 1 amide bonds. The van der Waals surface area contributed by atoms with Gasteiger partial charge in [-0.1, -0.05) is 94.2 Å². The average molecular weight is 742 g/mol. The van der Waals surface area contributed by atoms with E-state index < -0.39 is 30.5 Å². The van der Waals surface area contributed by atoms with Gasteiger partial charge in [-0.3, -0.25) is 4.79 Å². The highest BCUT2D eigenvalue weighted by Crippen LogP contribution is 2.47. The second kappa shape index (κ2) is 18.8. The van der Waals surface area contributed by atoms with Gasteiger partial charge < -0.3 is 36.0 Å². The third-order valence-corrected chi connectivity index (χ3v) is 11.8. The van der Waals surface area contributed by atoms with Gasteiger partial charge in [0.25, 0.3) is 0 Å². The number of benzene rings is 2. The van der Waals surface area contributed by atoms with Crippen LogP contribution in [0.5, 0.6) is 0 Å². The minimum atomic E-state index is -1.33. The normalized spacial score (nSPS) is 25.2. The first-order valence-corrected chi connectivity index (χ1v) is 20.2. The van der Waals surface area contributed by atoms with E-state index in [1.165, 1.54) is 33.9 Å². The van der Waals surface area contributed by atoms with Crippen LogP contribution in [-0.4, -0.2) is 93.8 Å². The molecule has 2 aromatic rings. The van der Waals surface area contributed by atoms with Crippen LogP contribution in [0.4, 0.5) is 11.4 Å². The van der Waals surface area contributed by atoms with Crippen LogP contribution in [0.25, 0.3) is 0 Å². The molecule has 3 aliphatic rings. The smallest absolute Gasteiger partial charge is 0.219 e. The Balaban J connectivity index is 0.997. The quantitative estimate of drug-likeness (QED) is 0.0637. The number of nitrogens with zero attached hydrogens (tertiary/aromatic N) is 2. The van der Waals surface area contributed by atoms with Crippen molar-refractivity contribution < 1.29 is 29.8 Å². The molecule has 0 aromatic heterocycles. The molecule has 6 N–H and O–H groups in total. The SMILES string of the molecule is C[N+]1=C(C=CC=CC=C2N(CCCCC(=O)NCCCCCCCCN[C@@H]3C[C@@H](O)[C@H](O)[C@@H](O)[C@H]3O)c3ccccc3C2(C)C)C(C)(C)c2ccccc21. The van der Waals surface area contributed by atoms with Crippen LogP contribution in [-0.2, 0) is 15.6 Å². The highest BCUT2D eigenvalue weighted by Gasteiger charge is 2.43. The van der Waals surface area contributed by atoms with Gasteiger partial charge in [-0.2, -0.15) is 4.58 Å². The van der Waals surface area contributed by atoms with E-state index in [-0.39, 0.29) is 23.2 Å². The first-order chi connectivity index (χ1) is 25.9. The highest BCUT2D eigenvalue weighted by molar-refractivity contribution is 6.03. The molecule has 1 aliphatic carbocycles. The summed E-state index contributed by atoms with van der Waals surface area (Å²) in [5, 5.41) is 45.9. The van der Waals surface area contributed by atoms with E-state index in [0.717, 1.165) is 57.9 Å². The number of unbranched alkanes of at least 4 members (excludes halogenated alkanes) is 6. The molecule has 54 heavy (non-hydrogen) atoms. The number of hydrogen-bond donors (Lipinski definition) is 6. The number of aliphatic hydroxyl groups excluding tert-OH is 4. The zero-order valence-electron chi connectivity index (χ0n) is 33.2. The fraction of sp³-hybridized carbons (Fsp3) is 0.556. The van der Waals surface area contributed by atoms with Gasteiger partial charge in [0.05, 0.1) is 17.6 Å². The number of anilines is 1. The Kier molecular flexibility index (Phi) is 14.5. The molecule has 0 spiro atoms. The van der Waals surface area contributed by atoms with Crippen molar-refractivity contribution in [3.63, 3.8) is 0 Å². The topological polar surface area (TPSA) is 128 Å². The van der Waals surface area contributed by atoms with E-state index >= 15 is 0 Å². The first kappa shape index (κ1) is 41.6. The average Bonchev–Trinajstić information content (AvgIpc) is 3.49. The van der Waals surface area contributed by atoms with Crippen LogP contribution in [0.1, 0.15) is 103 Å². The van der Waals surface area contributed by atoms with Crippen LogP contribution >= 0.6 is 0 Å². The summed E-state index contributed by atoms with van der Waals surface area (Å²) < 4.78 is 2.30. The van der Waals surface area contributed by atoms with Crippen LogP contribution in [0.15, 0.2) is 84.6 Å². The van der Waals surface area contributed by atoms with E-state index in [4.69, 9.17) is 0 Å². The highest BCUT2D eigenvalue weighted by atomic mass is 16.4. The molecule has 294 valence electrons. The van der Waals surface area contributed by atoms with Crippen molar-refractivity contribution in [3.05, 3.63) is 95.7 Å². The summed E-state index contributed by atoms with van der Waals surface area (Å²) in [5.41, 5.74) is 7.59. The number of fused-ring (bicyclic) bond motifs is 2. The Morgan fingerprint density at radius 2 is 1.44 bits per heavy atom. The lowest BCUT2D eigenvalue weighted by molar-refractivity contribution is -0.401. The number of hydrogen-bond acceptors (Lipinski definition) is 7. The van der Waals surface area contributed by atoms with E-state index in [9.17, 15) is 25.2 Å². The molecule has 2 heterocycles. The Bertz CT molecular complexity index is 1690. The molecule has 5 rings (SSSR count). The molecule has 1 fully saturated rings. The number of carbonyl (C=O) groups is 1. The minimum absolute atomic E-state index is 0.0491. The predicted molar refractivity (Wildman–Crippen MR) is 218 cm³/mol. The Morgan fingerprint density at radius 3 is 2.19 bits per heavy atom. The molecule has 0 saturated heterocycles. The number of amides is 1. The molecule has 0 unspecified atom stereocenters. The van der Waals surface area contributed by atoms with Crippen LogP contribution in [0.3, 0.4) is 0 Å². The minimum Gasteiger partial charge on any atom is -0.390 e. The lowest BCUT2D eigenvalue weighted by atomic mass is 9.81. The van der Waals surface area contributed by atoms with Gasteiger partial charge in [0.15, 0.2) is 5.71 Å². The van der Waals surface area contributed by atoms with Gasteiger partial charge >= 0.3 is 0 Å². The molecule has 0 bridgehead atoms. The largest absolute Gasteiger partial charge is 0.390 e. The Hall–Kier alpha value is -3.60. The fourth-order valence-electron chi connectivity index (χ4n) is 8.57. The molecule has 9 nitrogen and oxygen atoms in total. The number of nitrogens with one attached hydrogen (secondary N) is 2. The molecule has 9 heteroatoms. The summed E-state index contributed by atoms with van der Waals surface area (Å²) in [6.45, 7) is 11.4. The van der Waals surface area contributed by atoms with E-state index in [0.29, 0.717) is 19.5 Å². The van der Waals surface area contributed by atoms with Crippen LogP contribution in [0, 0.1) is 0 Å². The summed E-state index contributed by atoms with van der Waals surface area (Å²) in [5.74, 6) is 0.124. The molecule has 2 aliphatic heterocycles. The standard InChI is InChI=1S/C45H64N4O5/c1-44(2)32-21-13-15-23-35(32)48(5)38(44)25-11-10-12-26-39-45(3,4)33-22-14-16-24-36(33)49(39)30-20-17-27-40(51)47-29-19-9-7-6-8-18-28-46-34-31-37(50)42(53)43(54)41(34)52/h10-16,21-26,34,37,41-43,46,50,52-54H,6-9,17-20,27-31H2,1-5H3/p+1/t34-,37-,41+,42+,43+/m1/s1. The molecule has 5 atom stereocenters. The lowest BCUT2D eigenvalue weighted by Crippen LogP contribution is -2.60. The van der Waals surface area contributed by atoms with E-state index in [1.54, 1.807) is 0 Å². The Labute approximate surface area is 323 Å². The summed E-state index contributed by atoms with van der Waals surface area (Å²) >= 11 is 0. The van der Waals surface area contributed by atoms with Crippen molar-refractivity contribution in [1.29, 1.82) is 0 Å². The van der Waals surface area contributed by atoms with Gasteiger partial charge in [-0.15, -0.1) is 0 Å². The Morgan fingerprint density at radius 1 is 0.778 bits per heavy atom. The maximum Gasteiger partial charge on any atom is 0.219 e. The third kappa shape index (κ3) is 9.61. The van der Waals surface area contributed by atoms with Crippen LogP contribution in [0.2, 0.25) is 0 Å². The first-order valence-electron chi connectivity index (χ1n) is 20.2. The van der Waals surface area contributed by atoms with Crippen molar-refractivity contribution in [2.45, 2.75) is 133 Å². The van der Waals surface area contributed by atoms with Gasteiger partial charge in [-0.05, 0) is 70.2 Å². The van der Waals surface area contributed by atoms with Crippen molar-refractivity contribution in [3.8, 4) is 0 Å². The molecule has 2 aromatic carbocycles. The lowest BCUT2D eigenvalue weighted by Gasteiger charge is -2.38. The second-order valence-corrected chi connectivity index (χ2v) is 16.4. The molecule has 1 saturated carbocycles. The summed E-state index contributed by atoms with van der Waals surface area (Å²) in [6, 6.07) is 16.9. The second-order valence-electron chi connectivity index (χ2n) is 16.4. The number of para-hydroxylation sites is 2. The van der Waals surface area contributed by atoms with Gasteiger partial charge in [-0.25, -0.2) is 0 Å². The molecular formula is C45H65N4O5+. The monoisotopic (exact) mass is 741 g/mol. The van der Waals surface area contributed by atoms with Crippen molar-refractivity contribution in [2.24, 2.45) is 0 Å². The number of rotatable bonds is 18. The fourth-order valence-corrected chi connectivity index (χ4v) is 8.57. The van der Waals surface area contributed by atoms with E-state index in [2.05, 4.69) is 134 Å². The maximum absolute atomic E-state index is 12.6. The van der Waals surface area contributed by atoms with Crippen LogP contribution < -0.4 is 15.5 Å². The molecule has 0 radical (unpaired) electrons. The summed E-state index contributed by atoms with van der Waals surface area (Å²) in [4.78, 5) is 15.1. The molecular weight excluding hydrogens is 677 g/mol. The zero-order valence-corrected chi connectivity index (χ0v) is 33.2. The number of carbonyl (C=O) groups excluding carboxylic acids is 1. The van der Waals surface area contributed by atoms with Crippen molar-refractivity contribution in [2.75, 3.05) is 31.6 Å². The van der Waals surface area contributed by atoms with E-state index in [1.807, 2.05) is 0 Å². The number of allylic oxidation sites excluding steroid dienone is 6. The van der Waals surface area contributed by atoms with Gasteiger partial charge in [0.2, 0.25) is 11.6 Å². The van der Waals surface area contributed by atoms with Crippen molar-refractivity contribution >= 4 is 23.0 Å². The zero-order chi connectivity index (χ0) is 38.9. The predicted octanol–water partition coefficient (Wildman–Crippen LogP) is 5.92. The van der Waals surface area contributed by atoms with Crippen molar-refractivity contribution in [1.82, 2.24) is 10.6 Å². The van der Waals surface area contributed by atoms with Gasteiger partial charge in [0.1, 0.15) is 19.3 Å². The number of aliphatic hydroxyl groups is 4. The summed E-state index contributed by atoms with van der Waals surface area (Å²) in [6.07, 6.45) is 14.9.